The van der Waals surface area contributed by atoms with Gasteiger partial charge in [-0.15, -0.1) is 0 Å². The van der Waals surface area contributed by atoms with Gasteiger partial charge in [-0.2, -0.15) is 13.2 Å². The van der Waals surface area contributed by atoms with Crippen molar-refractivity contribution in [1.82, 2.24) is 4.98 Å². The molecule has 0 bridgehead atoms. The molecule has 7 heteroatoms. The van der Waals surface area contributed by atoms with E-state index in [9.17, 15) is 22.4 Å². The van der Waals surface area contributed by atoms with Gasteiger partial charge in [-0.25, -0.2) is 4.39 Å². The molecule has 0 fully saturated rings. The van der Waals surface area contributed by atoms with Crippen LogP contribution in [0.5, 0.6) is 0 Å². The minimum atomic E-state index is -4.72. The number of hydrogen-bond acceptors (Lipinski definition) is 1. The number of nitrogens with one attached hydrogen (secondary N) is 1. The molecule has 0 radical (unpaired) electrons. The van der Waals surface area contributed by atoms with Crippen molar-refractivity contribution in [2.75, 3.05) is 0 Å². The Bertz CT molecular complexity index is 647. The summed E-state index contributed by atoms with van der Waals surface area (Å²) in [4.78, 5) is 13.3. The molecule has 2 nitrogen and oxygen atoms in total. The molecular weight excluding hydrogens is 306 g/mol. The van der Waals surface area contributed by atoms with Crippen molar-refractivity contribution < 1.29 is 17.6 Å². The lowest BCUT2D eigenvalue weighted by Gasteiger charge is -2.08. The summed E-state index contributed by atoms with van der Waals surface area (Å²) < 4.78 is 50.9. The molecule has 0 atom stereocenters. The summed E-state index contributed by atoms with van der Waals surface area (Å²) in [6.07, 6.45) is -4.72. The average molecular weight is 310 g/mol. The highest BCUT2D eigenvalue weighted by atomic mass is 79.9. The number of aromatic amines is 1. The first-order valence-corrected chi connectivity index (χ1v) is 5.17. The molecule has 0 spiro atoms. The summed E-state index contributed by atoms with van der Waals surface area (Å²) in [5.41, 5.74) is -2.60. The van der Waals surface area contributed by atoms with Crippen LogP contribution in [0.15, 0.2) is 27.5 Å². The van der Waals surface area contributed by atoms with Gasteiger partial charge < -0.3 is 4.98 Å². The van der Waals surface area contributed by atoms with E-state index in [4.69, 9.17) is 0 Å². The van der Waals surface area contributed by atoms with Crippen LogP contribution in [-0.2, 0) is 6.18 Å². The molecule has 1 aromatic heterocycles. The molecule has 17 heavy (non-hydrogen) atoms. The van der Waals surface area contributed by atoms with Crippen molar-refractivity contribution in [2.45, 2.75) is 6.18 Å². The number of rotatable bonds is 0. The van der Waals surface area contributed by atoms with Crippen LogP contribution < -0.4 is 5.43 Å². The number of aromatic nitrogens is 1. The Balaban J connectivity index is 2.88. The highest BCUT2D eigenvalue weighted by Crippen LogP contribution is 2.28. The van der Waals surface area contributed by atoms with Gasteiger partial charge in [0.1, 0.15) is 11.5 Å². The molecule has 0 saturated carbocycles. The Labute approximate surface area is 100 Å². The van der Waals surface area contributed by atoms with Gasteiger partial charge in [0.2, 0.25) is 0 Å². The van der Waals surface area contributed by atoms with Crippen LogP contribution in [0.3, 0.4) is 0 Å². The average Bonchev–Trinajstić information content (AvgIpc) is 2.17. The third-order valence-corrected chi connectivity index (χ3v) is 2.62. The third-order valence-electron chi connectivity index (χ3n) is 2.16. The Morgan fingerprint density at radius 1 is 1.18 bits per heavy atom. The predicted molar refractivity (Wildman–Crippen MR) is 57.2 cm³/mol. The molecule has 0 aliphatic rings. The van der Waals surface area contributed by atoms with Crippen LogP contribution in [0.25, 0.3) is 10.9 Å². The monoisotopic (exact) mass is 309 g/mol. The van der Waals surface area contributed by atoms with Gasteiger partial charge in [0.15, 0.2) is 5.43 Å². The fourth-order valence-electron chi connectivity index (χ4n) is 1.43. The van der Waals surface area contributed by atoms with Crippen molar-refractivity contribution in [3.8, 4) is 0 Å². The van der Waals surface area contributed by atoms with Gasteiger partial charge in [0, 0.05) is 15.9 Å². The maximum atomic E-state index is 13.4. The smallest absolute Gasteiger partial charge is 0.348 e. The minimum Gasteiger partial charge on any atom is -0.348 e. The van der Waals surface area contributed by atoms with Crippen LogP contribution in [-0.4, -0.2) is 4.98 Å². The summed E-state index contributed by atoms with van der Waals surface area (Å²) in [7, 11) is 0. The van der Waals surface area contributed by atoms with Crippen LogP contribution in [0.2, 0.25) is 0 Å². The second-order valence-corrected chi connectivity index (χ2v) is 4.27. The van der Waals surface area contributed by atoms with Crippen molar-refractivity contribution >= 4 is 26.8 Å². The highest BCUT2D eigenvalue weighted by molar-refractivity contribution is 9.10. The quantitative estimate of drug-likeness (QED) is 0.743. The Hall–Kier alpha value is -1.37. The number of alkyl halides is 3. The first-order chi connectivity index (χ1) is 7.79. The zero-order valence-corrected chi connectivity index (χ0v) is 9.62. The zero-order valence-electron chi connectivity index (χ0n) is 8.03. The maximum Gasteiger partial charge on any atom is 0.431 e. The van der Waals surface area contributed by atoms with E-state index in [1.54, 1.807) is 0 Å². The largest absolute Gasteiger partial charge is 0.431 e. The summed E-state index contributed by atoms with van der Waals surface area (Å²) in [6.45, 7) is 0. The van der Waals surface area contributed by atoms with E-state index in [0.29, 0.717) is 6.07 Å². The number of fused-ring (bicyclic) bond motifs is 1. The van der Waals surface area contributed by atoms with E-state index in [-0.39, 0.29) is 9.86 Å². The zero-order chi connectivity index (χ0) is 12.8. The number of pyridine rings is 1. The van der Waals surface area contributed by atoms with E-state index in [2.05, 4.69) is 15.9 Å². The molecule has 0 amide bonds. The molecule has 0 saturated heterocycles. The number of H-pyrrole nitrogens is 1. The van der Waals surface area contributed by atoms with E-state index >= 15 is 0 Å². The van der Waals surface area contributed by atoms with E-state index in [1.165, 1.54) is 6.07 Å². The first kappa shape index (κ1) is 12.1. The molecule has 1 aromatic carbocycles. The normalized spacial score (nSPS) is 12.1. The van der Waals surface area contributed by atoms with Crippen LogP contribution in [0.1, 0.15) is 5.69 Å². The van der Waals surface area contributed by atoms with Crippen molar-refractivity contribution in [1.29, 1.82) is 0 Å². The topological polar surface area (TPSA) is 32.9 Å². The van der Waals surface area contributed by atoms with Gasteiger partial charge in [0.05, 0.1) is 5.52 Å². The lowest BCUT2D eigenvalue weighted by atomic mass is 10.2. The van der Waals surface area contributed by atoms with E-state index in [0.717, 1.165) is 6.07 Å². The summed E-state index contributed by atoms with van der Waals surface area (Å²) in [5, 5.41) is -0.134. The molecule has 0 unspecified atom stereocenters. The standard InChI is InChI=1S/C10H4BrF4NO/c11-4-1-5-7(17)3-8(10(13,14)15)16-9(5)6(12)2-4/h1-3H,(H,16,17). The van der Waals surface area contributed by atoms with Crippen molar-refractivity contribution in [2.24, 2.45) is 0 Å². The van der Waals surface area contributed by atoms with Crippen LogP contribution >= 0.6 is 15.9 Å². The van der Waals surface area contributed by atoms with Crippen molar-refractivity contribution in [3.63, 3.8) is 0 Å². The lowest BCUT2D eigenvalue weighted by molar-refractivity contribution is -0.141. The second kappa shape index (κ2) is 3.83. The Morgan fingerprint density at radius 2 is 1.82 bits per heavy atom. The predicted octanol–water partition coefficient (Wildman–Crippen LogP) is 3.45. The van der Waals surface area contributed by atoms with Gasteiger partial charge in [-0.1, -0.05) is 15.9 Å². The second-order valence-electron chi connectivity index (χ2n) is 3.36. The molecule has 0 aliphatic carbocycles. The SMILES string of the molecule is O=c1cc(C(F)(F)F)[nH]c2c(F)cc(Br)cc12. The highest BCUT2D eigenvalue weighted by Gasteiger charge is 2.32. The molecular formula is C10H4BrF4NO. The molecule has 1 heterocycles. The van der Waals surface area contributed by atoms with E-state index < -0.39 is 28.6 Å². The fourth-order valence-corrected chi connectivity index (χ4v) is 1.86. The Kier molecular flexibility index (Phi) is 2.73. The third kappa shape index (κ3) is 2.19. The summed E-state index contributed by atoms with van der Waals surface area (Å²) in [5.74, 6) is -0.919. The summed E-state index contributed by atoms with van der Waals surface area (Å²) in [6, 6.07) is 2.66. The summed E-state index contributed by atoms with van der Waals surface area (Å²) >= 11 is 2.96. The number of halogens is 5. The number of hydrogen-bond donors (Lipinski definition) is 1. The van der Waals surface area contributed by atoms with Crippen LogP contribution in [0, 0.1) is 5.82 Å². The lowest BCUT2D eigenvalue weighted by Crippen LogP contribution is -2.14. The maximum absolute atomic E-state index is 13.4. The van der Waals surface area contributed by atoms with Gasteiger partial charge >= 0.3 is 6.18 Å². The minimum absolute atomic E-state index is 0.134. The number of benzene rings is 1. The molecule has 2 aromatic rings. The Morgan fingerprint density at radius 3 is 2.41 bits per heavy atom. The van der Waals surface area contributed by atoms with Gasteiger partial charge in [-0.05, 0) is 12.1 Å². The van der Waals surface area contributed by atoms with Crippen molar-refractivity contribution in [3.05, 3.63) is 44.4 Å². The van der Waals surface area contributed by atoms with Crippen LogP contribution in [0.4, 0.5) is 17.6 Å². The van der Waals surface area contributed by atoms with E-state index in [1.807, 2.05) is 4.98 Å². The molecule has 90 valence electrons. The van der Waals surface area contributed by atoms with Gasteiger partial charge in [0.25, 0.3) is 0 Å². The first-order valence-electron chi connectivity index (χ1n) is 4.38. The molecule has 0 aliphatic heterocycles. The fraction of sp³-hybridized carbons (Fsp3) is 0.100. The molecule has 2 rings (SSSR count). The molecule has 1 N–H and O–H groups in total. The van der Waals surface area contributed by atoms with Gasteiger partial charge in [-0.3, -0.25) is 4.79 Å².